The first-order valence-corrected chi connectivity index (χ1v) is 8.55. The van der Waals surface area contributed by atoms with Crippen LogP contribution in [0.3, 0.4) is 0 Å². The van der Waals surface area contributed by atoms with Crippen molar-refractivity contribution in [3.05, 3.63) is 74.6 Å². The molecule has 0 aliphatic heterocycles. The molecular formula is C20H17ClO3. The van der Waals surface area contributed by atoms with Crippen molar-refractivity contribution in [3.63, 3.8) is 0 Å². The van der Waals surface area contributed by atoms with Crippen molar-refractivity contribution in [3.8, 4) is 5.75 Å². The van der Waals surface area contributed by atoms with Crippen LogP contribution in [0.1, 0.15) is 29.5 Å². The van der Waals surface area contributed by atoms with Gasteiger partial charge in [0.2, 0.25) is 0 Å². The van der Waals surface area contributed by atoms with Gasteiger partial charge in [-0.15, -0.1) is 0 Å². The second-order valence-electron chi connectivity index (χ2n) is 6.09. The molecule has 0 radical (unpaired) electrons. The Hall–Kier alpha value is -2.26. The van der Waals surface area contributed by atoms with Crippen LogP contribution in [-0.4, -0.2) is 0 Å². The minimum absolute atomic E-state index is 0.208. The fourth-order valence-corrected chi connectivity index (χ4v) is 3.48. The van der Waals surface area contributed by atoms with Crippen LogP contribution in [0.2, 0.25) is 5.02 Å². The van der Waals surface area contributed by atoms with Gasteiger partial charge in [-0.1, -0.05) is 29.8 Å². The molecule has 24 heavy (non-hydrogen) atoms. The quantitative estimate of drug-likeness (QED) is 0.636. The maximum atomic E-state index is 12.2. The first kappa shape index (κ1) is 15.3. The summed E-state index contributed by atoms with van der Waals surface area (Å²) < 4.78 is 11.3. The zero-order valence-corrected chi connectivity index (χ0v) is 13.9. The van der Waals surface area contributed by atoms with Crippen molar-refractivity contribution in [1.29, 1.82) is 0 Å². The lowest BCUT2D eigenvalue weighted by atomic mass is 9.91. The van der Waals surface area contributed by atoms with E-state index >= 15 is 0 Å². The predicted octanol–water partition coefficient (Wildman–Crippen LogP) is 4.90. The minimum Gasteiger partial charge on any atom is -0.489 e. The molecule has 4 heteroatoms. The fraction of sp³-hybridized carbons (Fsp3) is 0.250. The molecule has 2 aromatic carbocycles. The van der Waals surface area contributed by atoms with Crippen LogP contribution >= 0.6 is 11.6 Å². The molecule has 0 saturated carbocycles. The molecule has 3 nitrogen and oxygen atoms in total. The molecule has 1 aliphatic carbocycles. The number of halogens is 1. The van der Waals surface area contributed by atoms with Crippen LogP contribution in [0.4, 0.5) is 0 Å². The topological polar surface area (TPSA) is 39.4 Å². The van der Waals surface area contributed by atoms with E-state index in [-0.39, 0.29) is 5.63 Å². The molecular weight excluding hydrogens is 324 g/mol. The monoisotopic (exact) mass is 340 g/mol. The summed E-state index contributed by atoms with van der Waals surface area (Å²) in [6.07, 6.45) is 3.94. The van der Waals surface area contributed by atoms with Gasteiger partial charge in [0.15, 0.2) is 0 Å². The van der Waals surface area contributed by atoms with E-state index in [1.165, 1.54) is 0 Å². The van der Waals surface area contributed by atoms with E-state index in [9.17, 15) is 4.79 Å². The van der Waals surface area contributed by atoms with E-state index in [0.29, 0.717) is 23.0 Å². The normalized spacial score (nSPS) is 13.7. The number of hydrogen-bond acceptors (Lipinski definition) is 3. The third-order valence-corrected chi connectivity index (χ3v) is 4.92. The maximum Gasteiger partial charge on any atom is 0.339 e. The Morgan fingerprint density at radius 1 is 1.04 bits per heavy atom. The SMILES string of the molecule is O=c1oc2cc(OCc3ccccc3Cl)ccc2c2c1CCCC2. The Balaban J connectivity index is 1.66. The number of aryl methyl sites for hydroxylation is 1. The lowest BCUT2D eigenvalue weighted by Gasteiger charge is -2.16. The maximum absolute atomic E-state index is 12.2. The Bertz CT molecular complexity index is 959. The zero-order valence-electron chi connectivity index (χ0n) is 13.2. The smallest absolute Gasteiger partial charge is 0.339 e. The van der Waals surface area contributed by atoms with Crippen LogP contribution in [0, 0.1) is 0 Å². The summed E-state index contributed by atoms with van der Waals surface area (Å²) in [7, 11) is 0. The fourth-order valence-electron chi connectivity index (χ4n) is 3.29. The molecule has 1 aliphatic rings. The standard InChI is InChI=1S/C20H17ClO3/c21-18-8-4-1-5-13(18)12-23-14-9-10-16-15-6-2-3-7-17(15)20(22)24-19(16)11-14/h1,4-5,8-11H,2-3,6-7,12H2. The van der Waals surface area contributed by atoms with Crippen LogP contribution in [0.5, 0.6) is 5.75 Å². The van der Waals surface area contributed by atoms with Crippen molar-refractivity contribution >= 4 is 22.6 Å². The second-order valence-corrected chi connectivity index (χ2v) is 6.50. The third-order valence-electron chi connectivity index (χ3n) is 4.55. The Morgan fingerprint density at radius 2 is 1.83 bits per heavy atom. The van der Waals surface area contributed by atoms with Crippen molar-refractivity contribution in [2.45, 2.75) is 32.3 Å². The van der Waals surface area contributed by atoms with E-state index in [1.54, 1.807) is 6.07 Å². The average Bonchev–Trinajstić information content (AvgIpc) is 2.61. The van der Waals surface area contributed by atoms with Crippen LogP contribution < -0.4 is 10.4 Å². The summed E-state index contributed by atoms with van der Waals surface area (Å²) in [5, 5.41) is 1.70. The van der Waals surface area contributed by atoms with Gasteiger partial charge in [-0.3, -0.25) is 0 Å². The van der Waals surface area contributed by atoms with Gasteiger partial charge in [0.25, 0.3) is 0 Å². The van der Waals surface area contributed by atoms with Crippen molar-refractivity contribution < 1.29 is 9.15 Å². The molecule has 0 N–H and O–H groups in total. The van der Waals surface area contributed by atoms with E-state index in [4.69, 9.17) is 20.8 Å². The molecule has 0 atom stereocenters. The van der Waals surface area contributed by atoms with Gasteiger partial charge in [-0.2, -0.15) is 0 Å². The molecule has 1 aromatic heterocycles. The lowest BCUT2D eigenvalue weighted by Crippen LogP contribution is -2.15. The van der Waals surface area contributed by atoms with Gasteiger partial charge in [0.05, 0.1) is 0 Å². The van der Waals surface area contributed by atoms with Gasteiger partial charge >= 0.3 is 5.63 Å². The second kappa shape index (κ2) is 6.33. The van der Waals surface area contributed by atoms with E-state index in [0.717, 1.165) is 47.8 Å². The number of hydrogen-bond donors (Lipinski definition) is 0. The summed E-state index contributed by atoms with van der Waals surface area (Å²) in [5.74, 6) is 0.668. The number of benzene rings is 2. The van der Waals surface area contributed by atoms with Crippen molar-refractivity contribution in [1.82, 2.24) is 0 Å². The van der Waals surface area contributed by atoms with E-state index in [2.05, 4.69) is 0 Å². The van der Waals surface area contributed by atoms with E-state index in [1.807, 2.05) is 36.4 Å². The summed E-state index contributed by atoms with van der Waals surface area (Å²) >= 11 is 6.15. The zero-order chi connectivity index (χ0) is 16.5. The highest BCUT2D eigenvalue weighted by Crippen LogP contribution is 2.29. The molecule has 122 valence electrons. The molecule has 0 amide bonds. The molecule has 0 bridgehead atoms. The highest BCUT2D eigenvalue weighted by Gasteiger charge is 2.18. The van der Waals surface area contributed by atoms with Crippen LogP contribution in [0.25, 0.3) is 11.0 Å². The largest absolute Gasteiger partial charge is 0.489 e. The van der Waals surface area contributed by atoms with Crippen molar-refractivity contribution in [2.75, 3.05) is 0 Å². The molecule has 0 spiro atoms. The first-order valence-electron chi connectivity index (χ1n) is 8.17. The predicted molar refractivity (Wildman–Crippen MR) is 94.9 cm³/mol. The average molecular weight is 341 g/mol. The Labute approximate surface area is 144 Å². The summed E-state index contributed by atoms with van der Waals surface area (Å²) in [6, 6.07) is 13.3. The minimum atomic E-state index is -0.208. The van der Waals surface area contributed by atoms with Gasteiger partial charge in [0.1, 0.15) is 17.9 Å². The van der Waals surface area contributed by atoms with Gasteiger partial charge in [-0.05, 0) is 49.4 Å². The molecule has 3 aromatic rings. The highest BCUT2D eigenvalue weighted by atomic mass is 35.5. The molecule has 1 heterocycles. The Morgan fingerprint density at radius 3 is 2.67 bits per heavy atom. The molecule has 0 unspecified atom stereocenters. The lowest BCUT2D eigenvalue weighted by molar-refractivity contribution is 0.306. The van der Waals surface area contributed by atoms with E-state index < -0.39 is 0 Å². The summed E-state index contributed by atoms with van der Waals surface area (Å²) in [4.78, 5) is 12.2. The first-order chi connectivity index (χ1) is 11.7. The summed E-state index contributed by atoms with van der Waals surface area (Å²) in [5.41, 5.74) is 3.30. The van der Waals surface area contributed by atoms with Crippen LogP contribution in [-0.2, 0) is 19.4 Å². The van der Waals surface area contributed by atoms with Gasteiger partial charge < -0.3 is 9.15 Å². The highest BCUT2D eigenvalue weighted by molar-refractivity contribution is 6.31. The Kier molecular flexibility index (Phi) is 4.03. The molecule has 0 saturated heterocycles. The molecule has 4 rings (SSSR count). The van der Waals surface area contributed by atoms with Gasteiger partial charge in [-0.25, -0.2) is 4.79 Å². The third kappa shape index (κ3) is 2.80. The van der Waals surface area contributed by atoms with Crippen LogP contribution in [0.15, 0.2) is 51.7 Å². The number of rotatable bonds is 3. The van der Waals surface area contributed by atoms with Crippen molar-refractivity contribution in [2.24, 2.45) is 0 Å². The molecule has 0 fully saturated rings. The number of fused-ring (bicyclic) bond motifs is 3. The summed E-state index contributed by atoms with van der Waals surface area (Å²) in [6.45, 7) is 0.375. The number of ether oxygens (including phenoxy) is 1. The van der Waals surface area contributed by atoms with Gasteiger partial charge in [0, 0.05) is 27.6 Å².